The summed E-state index contributed by atoms with van der Waals surface area (Å²) in [7, 11) is 0. The number of hydrogen-bond donors (Lipinski definition) is 3. The van der Waals surface area contributed by atoms with Gasteiger partial charge in [0, 0.05) is 6.20 Å². The van der Waals surface area contributed by atoms with Crippen LogP contribution in [0.3, 0.4) is 0 Å². The molecule has 0 aromatic carbocycles. The lowest BCUT2D eigenvalue weighted by molar-refractivity contribution is -0.00177. The lowest BCUT2D eigenvalue weighted by Crippen LogP contribution is -2.42. The first-order valence-electron chi connectivity index (χ1n) is 9.65. The van der Waals surface area contributed by atoms with E-state index in [0.29, 0.717) is 22.5 Å². The maximum Gasteiger partial charge on any atom is 0.255 e. The predicted molar refractivity (Wildman–Crippen MR) is 111 cm³/mol. The molecule has 3 heterocycles. The molecular formula is C21H21F3N6O2. The van der Waals surface area contributed by atoms with Gasteiger partial charge in [-0.3, -0.25) is 9.78 Å². The number of aliphatic hydroxyl groups is 1. The van der Waals surface area contributed by atoms with E-state index in [1.165, 1.54) is 36.8 Å². The Labute approximate surface area is 181 Å². The molecule has 0 aliphatic rings. The normalized spacial score (nSPS) is 12.6. The van der Waals surface area contributed by atoms with Gasteiger partial charge in [-0.25, -0.2) is 17.7 Å². The van der Waals surface area contributed by atoms with E-state index < -0.39 is 37.2 Å². The highest BCUT2D eigenvalue weighted by molar-refractivity contribution is 6.00. The Balaban J connectivity index is 1.93. The van der Waals surface area contributed by atoms with Gasteiger partial charge in [-0.15, -0.1) is 0 Å². The maximum absolute atomic E-state index is 14.0. The Hall–Kier alpha value is -3.65. The largest absolute Gasteiger partial charge is 0.387 e. The molecule has 0 fully saturated rings. The van der Waals surface area contributed by atoms with Gasteiger partial charge < -0.3 is 15.7 Å². The number of nitriles is 1. The number of carbonyl (C=O) groups excluding carboxylic acids is 1. The molecule has 3 aromatic heterocycles. The second-order valence-corrected chi connectivity index (χ2v) is 7.63. The Kier molecular flexibility index (Phi) is 6.64. The number of hydrogen-bond acceptors (Lipinski definition) is 6. The van der Waals surface area contributed by atoms with E-state index in [2.05, 4.69) is 20.7 Å². The molecule has 1 amide bonds. The third-order valence-electron chi connectivity index (χ3n) is 4.70. The standard InChI is InChI=1S/C21H21F3N6O2/c1-21(2,32)18(22)10-28-20(31)14-9-26-16(6-15(14)27-11-19(23)24)17-4-3-13-5-12(7-25)8-29-30(13)17/h3-6,8-9,18-19,32H,10-11H2,1-2H3,(H,26,27)(H,28,31). The highest BCUT2D eigenvalue weighted by atomic mass is 19.3. The van der Waals surface area contributed by atoms with Gasteiger partial charge in [0.25, 0.3) is 12.3 Å². The average Bonchev–Trinajstić information content (AvgIpc) is 3.17. The molecule has 1 atom stereocenters. The zero-order chi connectivity index (χ0) is 23.5. The summed E-state index contributed by atoms with van der Waals surface area (Å²) >= 11 is 0. The van der Waals surface area contributed by atoms with Crippen molar-refractivity contribution in [1.29, 1.82) is 5.26 Å². The van der Waals surface area contributed by atoms with Gasteiger partial charge in [-0.2, -0.15) is 10.4 Å². The van der Waals surface area contributed by atoms with Crippen molar-refractivity contribution in [3.8, 4) is 17.5 Å². The first kappa shape index (κ1) is 23.0. The number of pyridine rings is 1. The minimum Gasteiger partial charge on any atom is -0.387 e. The van der Waals surface area contributed by atoms with Crippen LogP contribution in [0.15, 0.2) is 36.7 Å². The number of nitrogens with one attached hydrogen (secondary N) is 2. The van der Waals surface area contributed by atoms with Gasteiger partial charge in [0.2, 0.25) is 0 Å². The third kappa shape index (κ3) is 5.15. The second-order valence-electron chi connectivity index (χ2n) is 7.63. The number of fused-ring (bicyclic) bond motifs is 1. The number of amides is 1. The smallest absolute Gasteiger partial charge is 0.255 e. The fraction of sp³-hybridized carbons (Fsp3) is 0.333. The zero-order valence-electron chi connectivity index (χ0n) is 17.3. The lowest BCUT2D eigenvalue weighted by Gasteiger charge is -2.22. The van der Waals surface area contributed by atoms with Crippen molar-refractivity contribution < 1.29 is 23.1 Å². The summed E-state index contributed by atoms with van der Waals surface area (Å²) in [5.74, 6) is -0.732. The van der Waals surface area contributed by atoms with Crippen LogP contribution in [0.25, 0.3) is 16.9 Å². The van der Waals surface area contributed by atoms with Crippen LogP contribution in [0.2, 0.25) is 0 Å². The molecule has 3 aromatic rings. The molecule has 3 rings (SSSR count). The topological polar surface area (TPSA) is 115 Å². The predicted octanol–water partition coefficient (Wildman–Crippen LogP) is 2.78. The number of aromatic nitrogens is 3. The molecule has 0 radical (unpaired) electrons. The van der Waals surface area contributed by atoms with Crippen molar-refractivity contribution >= 4 is 17.1 Å². The molecule has 0 aliphatic heterocycles. The van der Waals surface area contributed by atoms with E-state index in [9.17, 15) is 23.1 Å². The van der Waals surface area contributed by atoms with Crippen LogP contribution in [0.5, 0.6) is 0 Å². The van der Waals surface area contributed by atoms with Crippen molar-refractivity contribution in [2.75, 3.05) is 18.4 Å². The minimum absolute atomic E-state index is 0.0575. The first-order valence-corrected chi connectivity index (χ1v) is 9.65. The molecule has 3 N–H and O–H groups in total. The van der Waals surface area contributed by atoms with Crippen molar-refractivity contribution in [3.05, 3.63) is 47.8 Å². The van der Waals surface area contributed by atoms with Crippen molar-refractivity contribution in [2.24, 2.45) is 0 Å². The Bertz CT molecular complexity index is 1170. The van der Waals surface area contributed by atoms with Gasteiger partial charge in [0.05, 0.1) is 58.6 Å². The average molecular weight is 446 g/mol. The molecule has 32 heavy (non-hydrogen) atoms. The number of anilines is 1. The molecule has 0 bridgehead atoms. The third-order valence-corrected chi connectivity index (χ3v) is 4.70. The molecule has 168 valence electrons. The van der Waals surface area contributed by atoms with Crippen LogP contribution in [0, 0.1) is 11.3 Å². The molecule has 0 saturated carbocycles. The Morgan fingerprint density at radius 3 is 2.66 bits per heavy atom. The highest BCUT2D eigenvalue weighted by Crippen LogP contribution is 2.26. The monoisotopic (exact) mass is 446 g/mol. The zero-order valence-corrected chi connectivity index (χ0v) is 17.3. The summed E-state index contributed by atoms with van der Waals surface area (Å²) in [6, 6.07) is 8.45. The van der Waals surface area contributed by atoms with Gasteiger partial charge in [-0.1, -0.05) is 0 Å². The van der Waals surface area contributed by atoms with Gasteiger partial charge in [0.1, 0.15) is 12.2 Å². The maximum atomic E-state index is 14.0. The molecule has 8 nitrogen and oxygen atoms in total. The minimum atomic E-state index is -2.67. The van der Waals surface area contributed by atoms with E-state index in [0.717, 1.165) is 0 Å². The molecule has 0 saturated heterocycles. The number of halogens is 3. The molecule has 0 spiro atoms. The Morgan fingerprint density at radius 1 is 1.25 bits per heavy atom. The van der Waals surface area contributed by atoms with Gasteiger partial charge in [-0.05, 0) is 38.1 Å². The van der Waals surface area contributed by atoms with Crippen LogP contribution >= 0.6 is 0 Å². The second kappa shape index (κ2) is 9.23. The van der Waals surface area contributed by atoms with E-state index in [1.54, 1.807) is 18.2 Å². The summed E-state index contributed by atoms with van der Waals surface area (Å²) < 4.78 is 41.1. The Morgan fingerprint density at radius 2 is 2.00 bits per heavy atom. The van der Waals surface area contributed by atoms with Crippen LogP contribution < -0.4 is 10.6 Å². The lowest BCUT2D eigenvalue weighted by atomic mass is 10.0. The van der Waals surface area contributed by atoms with Crippen LogP contribution in [-0.2, 0) is 0 Å². The number of nitrogens with zero attached hydrogens (tertiary/aromatic N) is 4. The number of rotatable bonds is 8. The SMILES string of the molecule is CC(C)(O)C(F)CNC(=O)c1cnc(-c2ccc3cc(C#N)cnn23)cc1NCC(F)F. The van der Waals surface area contributed by atoms with Crippen molar-refractivity contribution in [1.82, 2.24) is 19.9 Å². The van der Waals surface area contributed by atoms with Gasteiger partial charge in [0.15, 0.2) is 0 Å². The van der Waals surface area contributed by atoms with Crippen molar-refractivity contribution in [3.63, 3.8) is 0 Å². The first-order chi connectivity index (χ1) is 15.1. The van der Waals surface area contributed by atoms with E-state index in [-0.39, 0.29) is 11.3 Å². The van der Waals surface area contributed by atoms with E-state index >= 15 is 0 Å². The highest BCUT2D eigenvalue weighted by Gasteiger charge is 2.27. The van der Waals surface area contributed by atoms with Crippen LogP contribution in [-0.4, -0.2) is 56.9 Å². The summed E-state index contributed by atoms with van der Waals surface area (Å²) in [6.07, 6.45) is -1.83. The fourth-order valence-corrected chi connectivity index (χ4v) is 2.89. The van der Waals surface area contributed by atoms with Crippen LogP contribution in [0.1, 0.15) is 29.8 Å². The molecule has 11 heteroatoms. The summed E-state index contributed by atoms with van der Waals surface area (Å²) in [5, 5.41) is 27.7. The summed E-state index contributed by atoms with van der Waals surface area (Å²) in [6.45, 7) is 1.36. The van der Waals surface area contributed by atoms with Crippen LogP contribution in [0.4, 0.5) is 18.9 Å². The summed E-state index contributed by atoms with van der Waals surface area (Å²) in [4.78, 5) is 16.8. The molecular weight excluding hydrogens is 425 g/mol. The van der Waals surface area contributed by atoms with Gasteiger partial charge >= 0.3 is 0 Å². The fourth-order valence-electron chi connectivity index (χ4n) is 2.89. The van der Waals surface area contributed by atoms with Crippen molar-refractivity contribution in [2.45, 2.75) is 32.0 Å². The molecule has 1 unspecified atom stereocenters. The van der Waals surface area contributed by atoms with E-state index in [1.807, 2.05) is 6.07 Å². The van der Waals surface area contributed by atoms with E-state index in [4.69, 9.17) is 5.26 Å². The number of carbonyl (C=O) groups is 1. The quantitative estimate of drug-likeness (QED) is 0.490. The number of alkyl halides is 3. The summed E-state index contributed by atoms with van der Waals surface area (Å²) in [5.41, 5.74) is 0.232. The molecule has 0 aliphatic carbocycles.